The van der Waals surface area contributed by atoms with E-state index in [0.717, 1.165) is 24.6 Å². The van der Waals surface area contributed by atoms with Crippen molar-refractivity contribution in [1.29, 1.82) is 0 Å². The number of rotatable bonds is 4. The molecule has 0 radical (unpaired) electrons. The zero-order valence-corrected chi connectivity index (χ0v) is 11.8. The van der Waals surface area contributed by atoms with Crippen LogP contribution in [0, 0.1) is 0 Å². The lowest BCUT2D eigenvalue weighted by atomic mass is 10.7. The summed E-state index contributed by atoms with van der Waals surface area (Å²) in [5.41, 5.74) is 26.7. The zero-order chi connectivity index (χ0) is 13.7. The Morgan fingerprint density at radius 3 is 0.812 bits per heavy atom. The number of hydrogen-bond acceptors (Lipinski definition) is 6. The highest BCUT2D eigenvalue weighted by Gasteiger charge is 1.59. The molecule has 0 aliphatic heterocycles. The average molecular weight is 275 g/mol. The summed E-state index contributed by atoms with van der Waals surface area (Å²) >= 11 is 8.90. The molecule has 0 heterocycles. The highest BCUT2D eigenvalue weighted by molar-refractivity contribution is 7.62. The Morgan fingerprint density at radius 1 is 0.625 bits per heavy atom. The fourth-order valence-corrected chi connectivity index (χ4v) is 0. The van der Waals surface area contributed by atoms with E-state index < -0.39 is 0 Å². The monoisotopic (exact) mass is 274 g/mol. The Balaban J connectivity index is -0.0000000600. The summed E-state index contributed by atoms with van der Waals surface area (Å²) in [6.07, 6.45) is 0. The SMILES string of the molecule is NCCN.NCC[NH3+].NCC[NH3+].[S-]CC[S-]. The minimum absolute atomic E-state index is 0.597. The van der Waals surface area contributed by atoms with E-state index in [2.05, 4.69) is 36.7 Å². The van der Waals surface area contributed by atoms with Crippen LogP contribution in [-0.2, 0) is 25.3 Å². The molecule has 0 bridgehead atoms. The van der Waals surface area contributed by atoms with Gasteiger partial charge in [-0.1, -0.05) is 0 Å². The maximum absolute atomic E-state index is 4.97. The molecule has 0 saturated heterocycles. The minimum atomic E-state index is 0.597. The van der Waals surface area contributed by atoms with Crippen molar-refractivity contribution in [2.45, 2.75) is 0 Å². The molecule has 0 unspecified atom stereocenters. The fourth-order valence-electron chi connectivity index (χ4n) is 0. The summed E-state index contributed by atoms with van der Waals surface area (Å²) in [5, 5.41) is 0. The van der Waals surface area contributed by atoms with Gasteiger partial charge in [-0.05, 0) is 0 Å². The molecule has 0 rings (SSSR count). The Hall–Kier alpha value is 0.460. The van der Waals surface area contributed by atoms with Crippen molar-refractivity contribution in [3.05, 3.63) is 0 Å². The van der Waals surface area contributed by atoms with Crippen LogP contribution in [0.5, 0.6) is 0 Å². The quantitative estimate of drug-likeness (QED) is 0.283. The normalized spacial score (nSPS) is 7.50. The second kappa shape index (κ2) is 45.2. The van der Waals surface area contributed by atoms with Gasteiger partial charge in [0.2, 0.25) is 0 Å². The summed E-state index contributed by atoms with van der Waals surface area (Å²) in [5.74, 6) is 1.44. The van der Waals surface area contributed by atoms with Crippen LogP contribution in [0.3, 0.4) is 0 Å². The van der Waals surface area contributed by atoms with Crippen molar-refractivity contribution in [3.8, 4) is 0 Å². The first-order chi connectivity index (χ1) is 7.66. The molecular weight excluding hydrogens is 244 g/mol. The first-order valence-corrected chi connectivity index (χ1v) is 6.37. The van der Waals surface area contributed by atoms with Crippen LogP contribution in [0.1, 0.15) is 0 Å². The molecular formula is C8H30N6S2. The van der Waals surface area contributed by atoms with E-state index in [1.165, 1.54) is 0 Å². The van der Waals surface area contributed by atoms with Gasteiger partial charge in [-0.2, -0.15) is 11.5 Å². The van der Waals surface area contributed by atoms with Crippen molar-refractivity contribution < 1.29 is 11.5 Å². The molecule has 8 heteroatoms. The molecule has 0 aliphatic rings. The van der Waals surface area contributed by atoms with Crippen LogP contribution in [-0.4, -0.2) is 50.8 Å². The van der Waals surface area contributed by atoms with Gasteiger partial charge in [0.1, 0.15) is 0 Å². The number of quaternary nitrogens is 2. The lowest BCUT2D eigenvalue weighted by Crippen LogP contribution is -2.53. The van der Waals surface area contributed by atoms with E-state index in [1.54, 1.807) is 0 Å². The van der Waals surface area contributed by atoms with E-state index in [-0.39, 0.29) is 0 Å². The summed E-state index contributed by atoms with van der Waals surface area (Å²) in [6.45, 7) is 4.31. The summed E-state index contributed by atoms with van der Waals surface area (Å²) < 4.78 is 0. The highest BCUT2D eigenvalue weighted by Crippen LogP contribution is 1.48. The van der Waals surface area contributed by atoms with Crippen LogP contribution in [0.2, 0.25) is 0 Å². The highest BCUT2D eigenvalue weighted by atomic mass is 32.1. The molecule has 0 atom stereocenters. The van der Waals surface area contributed by atoms with Crippen molar-refractivity contribution in [3.63, 3.8) is 0 Å². The van der Waals surface area contributed by atoms with Crippen LogP contribution in [0.25, 0.3) is 0 Å². The summed E-state index contributed by atoms with van der Waals surface area (Å²) in [6, 6.07) is 0. The van der Waals surface area contributed by atoms with Crippen molar-refractivity contribution in [2.75, 3.05) is 50.8 Å². The lowest BCUT2D eigenvalue weighted by molar-refractivity contribution is -0.364. The van der Waals surface area contributed by atoms with Gasteiger partial charge in [0.05, 0.1) is 13.1 Å². The molecule has 14 N–H and O–H groups in total. The molecule has 0 aromatic heterocycles. The van der Waals surface area contributed by atoms with Crippen molar-refractivity contribution >= 4 is 25.3 Å². The third kappa shape index (κ3) is 132. The molecule has 0 saturated carbocycles. The van der Waals surface area contributed by atoms with Crippen molar-refractivity contribution in [1.82, 2.24) is 0 Å². The van der Waals surface area contributed by atoms with Gasteiger partial charge in [0.25, 0.3) is 0 Å². The Kier molecular flexibility index (Phi) is 71.5. The topological polar surface area (TPSA) is 159 Å². The fraction of sp³-hybridized carbons (Fsp3) is 1.00. The van der Waals surface area contributed by atoms with E-state index in [0.29, 0.717) is 26.2 Å². The Morgan fingerprint density at radius 2 is 0.812 bits per heavy atom. The minimum Gasteiger partial charge on any atom is -0.794 e. The second-order valence-electron chi connectivity index (χ2n) is 2.27. The average Bonchev–Trinajstić information content (AvgIpc) is 2.39. The molecule has 0 amide bonds. The van der Waals surface area contributed by atoms with Gasteiger partial charge in [-0.25, -0.2) is 0 Å². The van der Waals surface area contributed by atoms with Gasteiger partial charge < -0.3 is 59.7 Å². The maximum Gasteiger partial charge on any atom is 0.0864 e. The van der Waals surface area contributed by atoms with Crippen LogP contribution < -0.4 is 34.4 Å². The molecule has 0 aromatic rings. The van der Waals surface area contributed by atoms with E-state index >= 15 is 0 Å². The first-order valence-electron chi connectivity index (χ1n) is 5.21. The molecule has 0 spiro atoms. The molecule has 0 aromatic carbocycles. The van der Waals surface area contributed by atoms with Crippen LogP contribution >= 0.6 is 0 Å². The Bertz CT molecular complexity index is 46.5. The largest absolute Gasteiger partial charge is 0.794 e. The smallest absolute Gasteiger partial charge is 0.0864 e. The Labute approximate surface area is 111 Å². The van der Waals surface area contributed by atoms with E-state index in [9.17, 15) is 0 Å². The lowest BCUT2D eigenvalue weighted by Gasteiger charge is -2.02. The standard InChI is InChI=1S/3C2H8N2.C2H6S2/c4*3-1-2-4/h3*1-4H2;3-4H,1-2H2. The first kappa shape index (κ1) is 25.3. The third-order valence-electron chi connectivity index (χ3n) is 0.658. The molecule has 104 valence electrons. The zero-order valence-electron chi connectivity index (χ0n) is 10.2. The van der Waals surface area contributed by atoms with Crippen LogP contribution in [0.4, 0.5) is 0 Å². The predicted molar refractivity (Wildman–Crippen MR) is 76.2 cm³/mol. The van der Waals surface area contributed by atoms with E-state index in [4.69, 9.17) is 22.9 Å². The molecule has 6 nitrogen and oxygen atoms in total. The maximum atomic E-state index is 4.97. The summed E-state index contributed by atoms with van der Waals surface area (Å²) in [7, 11) is 0. The third-order valence-corrected chi connectivity index (χ3v) is 1.32. The number of hydrogen-bond donors (Lipinski definition) is 6. The molecule has 0 aliphatic carbocycles. The van der Waals surface area contributed by atoms with Gasteiger partial charge >= 0.3 is 0 Å². The van der Waals surface area contributed by atoms with Gasteiger partial charge in [0.15, 0.2) is 0 Å². The molecule has 0 fully saturated rings. The van der Waals surface area contributed by atoms with Crippen LogP contribution in [0.15, 0.2) is 0 Å². The van der Waals surface area contributed by atoms with E-state index in [1.807, 2.05) is 0 Å². The molecule has 16 heavy (non-hydrogen) atoms. The van der Waals surface area contributed by atoms with Crippen molar-refractivity contribution in [2.24, 2.45) is 22.9 Å². The predicted octanol–water partition coefficient (Wildman–Crippen LogP) is -4.64. The number of nitrogens with two attached hydrogens (primary N) is 4. The summed E-state index contributed by atoms with van der Waals surface area (Å²) in [4.78, 5) is 0. The second-order valence-corrected chi connectivity index (χ2v) is 3.09. The van der Waals surface area contributed by atoms with Gasteiger partial charge in [0, 0.05) is 26.2 Å². The van der Waals surface area contributed by atoms with Gasteiger partial charge in [-0.15, -0.1) is 0 Å². The van der Waals surface area contributed by atoms with Gasteiger partial charge in [-0.3, -0.25) is 0 Å².